The van der Waals surface area contributed by atoms with Gasteiger partial charge in [0.2, 0.25) is 0 Å². The van der Waals surface area contributed by atoms with Gasteiger partial charge < -0.3 is 20.1 Å². The van der Waals surface area contributed by atoms with Crippen molar-refractivity contribution in [3.8, 4) is 0 Å². The van der Waals surface area contributed by atoms with Crippen molar-refractivity contribution in [3.63, 3.8) is 0 Å². The molecule has 0 amide bonds. The molecule has 3 rings (SSSR count). The van der Waals surface area contributed by atoms with Gasteiger partial charge in [-0.1, -0.05) is 45.1 Å². The fourth-order valence-electron chi connectivity index (χ4n) is 5.04. The first-order chi connectivity index (χ1) is 15.1. The number of rotatable bonds is 8. The molecule has 31 heavy (non-hydrogen) atoms. The number of carbonyl (C=O) groups is 1. The molecule has 2 N–H and O–H groups in total. The maximum absolute atomic E-state index is 11.5. The van der Waals surface area contributed by atoms with Crippen molar-refractivity contribution in [2.45, 2.75) is 121 Å². The smallest absolute Gasteiger partial charge is 0.333 e. The number of esters is 1. The van der Waals surface area contributed by atoms with Gasteiger partial charge in [-0.25, -0.2) is 9.79 Å². The third kappa shape index (κ3) is 8.83. The van der Waals surface area contributed by atoms with Gasteiger partial charge in [0.25, 0.3) is 0 Å². The molecule has 3 aliphatic carbocycles. The summed E-state index contributed by atoms with van der Waals surface area (Å²) in [5, 5.41) is 7.54. The van der Waals surface area contributed by atoms with Crippen LogP contribution in [0.15, 0.2) is 17.1 Å². The molecule has 0 aromatic carbocycles. The highest BCUT2D eigenvalue weighted by Crippen LogP contribution is 2.23. The first-order valence-corrected chi connectivity index (χ1v) is 12.6. The largest absolute Gasteiger partial charge is 0.460 e. The molecule has 0 aromatic rings. The second-order valence-corrected chi connectivity index (χ2v) is 9.67. The molecule has 176 valence electrons. The molecule has 2 atom stereocenters. The molecule has 3 aliphatic rings. The Labute approximate surface area is 188 Å². The van der Waals surface area contributed by atoms with Gasteiger partial charge in [0.15, 0.2) is 5.96 Å². The number of ether oxygens (including phenoxy) is 2. The van der Waals surface area contributed by atoms with Crippen molar-refractivity contribution in [1.82, 2.24) is 10.6 Å². The van der Waals surface area contributed by atoms with Gasteiger partial charge in [0, 0.05) is 17.7 Å². The Morgan fingerprint density at radius 3 is 2.23 bits per heavy atom. The van der Waals surface area contributed by atoms with Crippen molar-refractivity contribution in [2.75, 3.05) is 13.2 Å². The van der Waals surface area contributed by atoms with Crippen LogP contribution in [0.5, 0.6) is 0 Å². The van der Waals surface area contributed by atoms with Crippen LogP contribution in [0.1, 0.15) is 96.8 Å². The maximum Gasteiger partial charge on any atom is 0.333 e. The third-order valence-corrected chi connectivity index (χ3v) is 6.82. The van der Waals surface area contributed by atoms with E-state index in [1.165, 1.54) is 64.2 Å². The normalized spacial score (nSPS) is 26.3. The Balaban J connectivity index is 1.48. The highest BCUT2D eigenvalue weighted by atomic mass is 16.6. The standard InChI is InChI=1S/C25H43N3O3/c1-19(2)24(29)31-17-16-30-23-15-9-14-22(18-23)28-25(26-20-10-5-3-6-11-20)27-21-12-7-4-8-13-21/h20-23H,1,3-18H2,2H3,(H2,26,27,28). The predicted octanol–water partition coefficient (Wildman–Crippen LogP) is 4.63. The fraction of sp³-hybridized carbons (Fsp3) is 0.840. The summed E-state index contributed by atoms with van der Waals surface area (Å²) in [5.41, 5.74) is 0.428. The molecule has 3 saturated carbocycles. The lowest BCUT2D eigenvalue weighted by Gasteiger charge is -2.33. The highest BCUT2D eigenvalue weighted by molar-refractivity contribution is 5.86. The van der Waals surface area contributed by atoms with Crippen LogP contribution in [-0.2, 0) is 14.3 Å². The van der Waals surface area contributed by atoms with E-state index >= 15 is 0 Å². The number of carbonyl (C=O) groups excluding carboxylic acids is 1. The van der Waals surface area contributed by atoms with Crippen molar-refractivity contribution < 1.29 is 14.3 Å². The molecule has 0 heterocycles. The number of hydrogen-bond donors (Lipinski definition) is 2. The van der Waals surface area contributed by atoms with Crippen LogP contribution in [-0.4, -0.2) is 49.4 Å². The van der Waals surface area contributed by atoms with Crippen molar-refractivity contribution in [3.05, 3.63) is 12.2 Å². The van der Waals surface area contributed by atoms with E-state index in [1.54, 1.807) is 6.92 Å². The van der Waals surface area contributed by atoms with E-state index in [4.69, 9.17) is 14.5 Å². The molecule has 0 aliphatic heterocycles. The lowest BCUT2D eigenvalue weighted by atomic mass is 9.92. The average molecular weight is 434 g/mol. The minimum atomic E-state index is -0.343. The summed E-state index contributed by atoms with van der Waals surface area (Å²) in [5.74, 6) is 0.684. The van der Waals surface area contributed by atoms with Gasteiger partial charge in [-0.05, 0) is 58.3 Å². The van der Waals surface area contributed by atoms with Crippen LogP contribution in [0.2, 0.25) is 0 Å². The molecule has 0 bridgehead atoms. The zero-order valence-corrected chi connectivity index (χ0v) is 19.5. The Hall–Kier alpha value is -1.56. The van der Waals surface area contributed by atoms with Crippen LogP contribution < -0.4 is 10.6 Å². The molecule has 0 saturated heterocycles. The van der Waals surface area contributed by atoms with Crippen LogP contribution in [0.4, 0.5) is 0 Å². The van der Waals surface area contributed by atoms with Crippen LogP contribution >= 0.6 is 0 Å². The average Bonchev–Trinajstić information content (AvgIpc) is 2.78. The molecule has 6 nitrogen and oxygen atoms in total. The van der Waals surface area contributed by atoms with E-state index in [9.17, 15) is 4.79 Å². The van der Waals surface area contributed by atoms with Crippen LogP contribution in [0, 0.1) is 0 Å². The molecule has 6 heteroatoms. The van der Waals surface area contributed by atoms with E-state index in [0.29, 0.717) is 30.3 Å². The molecule has 0 radical (unpaired) electrons. The van der Waals surface area contributed by atoms with Gasteiger partial charge >= 0.3 is 5.97 Å². The molecule has 3 fully saturated rings. The van der Waals surface area contributed by atoms with E-state index in [-0.39, 0.29) is 18.7 Å². The van der Waals surface area contributed by atoms with Gasteiger partial charge in [-0.3, -0.25) is 0 Å². The zero-order chi connectivity index (χ0) is 21.9. The maximum atomic E-state index is 11.5. The SMILES string of the molecule is C=C(C)C(=O)OCCOC1CCCC(NC(=NC2CCCCC2)NC2CCCCC2)C1. The molecular formula is C25H43N3O3. The lowest BCUT2D eigenvalue weighted by Crippen LogP contribution is -2.50. The second-order valence-electron chi connectivity index (χ2n) is 9.67. The summed E-state index contributed by atoms with van der Waals surface area (Å²) >= 11 is 0. The second kappa shape index (κ2) is 13.1. The first kappa shape index (κ1) is 24.1. The number of hydrogen-bond acceptors (Lipinski definition) is 4. The monoisotopic (exact) mass is 433 g/mol. The number of nitrogens with one attached hydrogen (secondary N) is 2. The fourth-order valence-corrected chi connectivity index (χ4v) is 5.04. The highest BCUT2D eigenvalue weighted by Gasteiger charge is 2.25. The molecular weight excluding hydrogens is 390 g/mol. The minimum Gasteiger partial charge on any atom is -0.460 e. The Kier molecular flexibility index (Phi) is 10.2. The Bertz CT molecular complexity index is 595. The summed E-state index contributed by atoms with van der Waals surface area (Å²) < 4.78 is 11.2. The summed E-state index contributed by atoms with van der Waals surface area (Å²) in [4.78, 5) is 16.6. The minimum absolute atomic E-state index is 0.209. The van der Waals surface area contributed by atoms with Crippen molar-refractivity contribution >= 4 is 11.9 Å². The van der Waals surface area contributed by atoms with Gasteiger partial charge in [-0.2, -0.15) is 0 Å². The van der Waals surface area contributed by atoms with E-state index in [2.05, 4.69) is 17.2 Å². The Morgan fingerprint density at radius 2 is 1.52 bits per heavy atom. The van der Waals surface area contributed by atoms with Crippen molar-refractivity contribution in [2.24, 2.45) is 4.99 Å². The lowest BCUT2D eigenvalue weighted by molar-refractivity contribution is -0.141. The molecule has 2 unspecified atom stereocenters. The number of nitrogens with zero attached hydrogens (tertiary/aromatic N) is 1. The number of guanidine groups is 1. The summed E-state index contributed by atoms with van der Waals surface area (Å²) in [7, 11) is 0. The predicted molar refractivity (Wildman–Crippen MR) is 125 cm³/mol. The molecule has 0 aromatic heterocycles. The molecule has 0 spiro atoms. The quantitative estimate of drug-likeness (QED) is 0.192. The van der Waals surface area contributed by atoms with Crippen LogP contribution in [0.25, 0.3) is 0 Å². The van der Waals surface area contributed by atoms with E-state index in [1.807, 2.05) is 0 Å². The first-order valence-electron chi connectivity index (χ1n) is 12.6. The Morgan fingerprint density at radius 1 is 0.871 bits per heavy atom. The van der Waals surface area contributed by atoms with Gasteiger partial charge in [0.1, 0.15) is 6.61 Å². The third-order valence-electron chi connectivity index (χ3n) is 6.82. The van der Waals surface area contributed by atoms with Crippen LogP contribution in [0.3, 0.4) is 0 Å². The zero-order valence-electron chi connectivity index (χ0n) is 19.5. The summed E-state index contributed by atoms with van der Waals surface area (Å²) in [6, 6.07) is 1.41. The van der Waals surface area contributed by atoms with E-state index in [0.717, 1.165) is 31.6 Å². The summed E-state index contributed by atoms with van der Waals surface area (Å²) in [6.07, 6.45) is 17.5. The number of aliphatic imine (C=N–C) groups is 1. The van der Waals surface area contributed by atoms with Gasteiger partial charge in [-0.15, -0.1) is 0 Å². The summed E-state index contributed by atoms with van der Waals surface area (Å²) in [6.45, 7) is 6.00. The topological polar surface area (TPSA) is 72.0 Å². The van der Waals surface area contributed by atoms with E-state index < -0.39 is 0 Å². The van der Waals surface area contributed by atoms with Crippen molar-refractivity contribution in [1.29, 1.82) is 0 Å². The van der Waals surface area contributed by atoms with Gasteiger partial charge in [0.05, 0.1) is 18.8 Å².